The fraction of sp³-hybridized carbons (Fsp3) is 0.533. The molecule has 106 valence electrons. The summed E-state index contributed by atoms with van der Waals surface area (Å²) in [5.41, 5.74) is 5.91. The molecule has 0 aliphatic heterocycles. The lowest BCUT2D eigenvalue weighted by atomic mass is 9.97. The van der Waals surface area contributed by atoms with Gasteiger partial charge in [-0.15, -0.1) is 0 Å². The van der Waals surface area contributed by atoms with Gasteiger partial charge in [-0.3, -0.25) is 4.79 Å². The molecular formula is C15H22FNO2. The summed E-state index contributed by atoms with van der Waals surface area (Å²) < 4.78 is 18.4. The third-order valence-electron chi connectivity index (χ3n) is 3.26. The number of rotatable bonds is 8. The summed E-state index contributed by atoms with van der Waals surface area (Å²) in [6.07, 6.45) is 3.09. The minimum Gasteiger partial charge on any atom is -0.461 e. The van der Waals surface area contributed by atoms with Crippen LogP contribution in [0.4, 0.5) is 4.39 Å². The highest BCUT2D eigenvalue weighted by atomic mass is 19.1. The van der Waals surface area contributed by atoms with Gasteiger partial charge in [-0.1, -0.05) is 31.5 Å². The van der Waals surface area contributed by atoms with E-state index < -0.39 is 0 Å². The van der Waals surface area contributed by atoms with Crippen LogP contribution in [0.2, 0.25) is 0 Å². The Morgan fingerprint density at radius 3 is 2.74 bits per heavy atom. The van der Waals surface area contributed by atoms with E-state index in [9.17, 15) is 9.18 Å². The Labute approximate surface area is 113 Å². The zero-order valence-corrected chi connectivity index (χ0v) is 11.4. The minimum atomic E-state index is -0.343. The molecule has 0 spiro atoms. The molecule has 19 heavy (non-hydrogen) atoms. The highest BCUT2D eigenvalue weighted by Gasteiger charge is 2.10. The van der Waals surface area contributed by atoms with E-state index in [-0.39, 0.29) is 18.4 Å². The highest BCUT2D eigenvalue weighted by Crippen LogP contribution is 2.15. The summed E-state index contributed by atoms with van der Waals surface area (Å²) in [6.45, 7) is 2.73. The van der Waals surface area contributed by atoms with Gasteiger partial charge in [0.25, 0.3) is 0 Å². The molecule has 1 atom stereocenters. The van der Waals surface area contributed by atoms with Crippen molar-refractivity contribution in [3.63, 3.8) is 0 Å². The number of hydrogen-bond acceptors (Lipinski definition) is 3. The smallest absolute Gasteiger partial charge is 0.306 e. The second-order valence-electron chi connectivity index (χ2n) is 4.64. The quantitative estimate of drug-likeness (QED) is 0.737. The zero-order chi connectivity index (χ0) is 14.1. The molecule has 1 aromatic rings. The number of benzene rings is 1. The van der Waals surface area contributed by atoms with Crippen LogP contribution in [-0.4, -0.2) is 12.5 Å². The van der Waals surface area contributed by atoms with Crippen molar-refractivity contribution >= 4 is 5.97 Å². The molecule has 2 N–H and O–H groups in total. The summed E-state index contributed by atoms with van der Waals surface area (Å²) in [5.74, 6) is -0.158. The van der Waals surface area contributed by atoms with Gasteiger partial charge in [-0.2, -0.15) is 0 Å². The molecule has 0 aliphatic rings. The summed E-state index contributed by atoms with van der Waals surface area (Å²) in [6, 6.07) is 6.31. The molecule has 0 fully saturated rings. The Kier molecular flexibility index (Phi) is 7.11. The zero-order valence-electron chi connectivity index (χ0n) is 11.4. The number of halogens is 1. The van der Waals surface area contributed by atoms with Crippen molar-refractivity contribution in [1.82, 2.24) is 0 Å². The van der Waals surface area contributed by atoms with Gasteiger partial charge in [0, 0.05) is 12.0 Å². The predicted molar refractivity (Wildman–Crippen MR) is 72.9 cm³/mol. The molecule has 0 saturated carbocycles. The fourth-order valence-electron chi connectivity index (χ4n) is 1.96. The number of carbonyl (C=O) groups is 1. The molecule has 0 heterocycles. The molecule has 1 unspecified atom stereocenters. The van der Waals surface area contributed by atoms with Gasteiger partial charge < -0.3 is 10.5 Å². The van der Waals surface area contributed by atoms with E-state index in [0.29, 0.717) is 24.4 Å². The average molecular weight is 267 g/mol. The Morgan fingerprint density at radius 2 is 2.11 bits per heavy atom. The predicted octanol–water partition coefficient (Wildman–Crippen LogP) is 3.02. The highest BCUT2D eigenvalue weighted by molar-refractivity contribution is 5.69. The topological polar surface area (TPSA) is 52.3 Å². The van der Waals surface area contributed by atoms with Gasteiger partial charge in [0.1, 0.15) is 12.4 Å². The lowest BCUT2D eigenvalue weighted by molar-refractivity contribution is -0.145. The average Bonchev–Trinajstić information content (AvgIpc) is 2.42. The van der Waals surface area contributed by atoms with E-state index in [1.165, 1.54) is 6.07 Å². The van der Waals surface area contributed by atoms with Crippen LogP contribution in [0.3, 0.4) is 0 Å². The van der Waals surface area contributed by atoms with Gasteiger partial charge >= 0.3 is 5.97 Å². The van der Waals surface area contributed by atoms with Crippen LogP contribution < -0.4 is 5.73 Å². The van der Waals surface area contributed by atoms with Crippen molar-refractivity contribution in [1.29, 1.82) is 0 Å². The normalized spacial score (nSPS) is 12.2. The number of hydrogen-bond donors (Lipinski definition) is 1. The summed E-state index contributed by atoms with van der Waals surface area (Å²) in [4.78, 5) is 11.6. The fourth-order valence-corrected chi connectivity index (χ4v) is 1.96. The van der Waals surface area contributed by atoms with E-state index in [1.807, 2.05) is 0 Å². The maximum atomic E-state index is 13.3. The van der Waals surface area contributed by atoms with Crippen LogP contribution in [0.5, 0.6) is 0 Å². The van der Waals surface area contributed by atoms with E-state index in [2.05, 4.69) is 6.92 Å². The van der Waals surface area contributed by atoms with Gasteiger partial charge in [0.2, 0.25) is 0 Å². The van der Waals surface area contributed by atoms with Crippen LogP contribution >= 0.6 is 0 Å². The number of esters is 1. The molecule has 0 saturated heterocycles. The van der Waals surface area contributed by atoms with E-state index >= 15 is 0 Å². The van der Waals surface area contributed by atoms with Crippen LogP contribution in [0, 0.1) is 11.7 Å². The molecule has 3 nitrogen and oxygen atoms in total. The van der Waals surface area contributed by atoms with Crippen molar-refractivity contribution < 1.29 is 13.9 Å². The molecule has 4 heteroatoms. The maximum absolute atomic E-state index is 13.3. The Balaban J connectivity index is 2.30. The molecule has 0 bridgehead atoms. The molecule has 1 aromatic carbocycles. The first-order chi connectivity index (χ1) is 9.17. The number of ether oxygens (including phenoxy) is 1. The van der Waals surface area contributed by atoms with Crippen molar-refractivity contribution in [2.75, 3.05) is 6.54 Å². The third-order valence-corrected chi connectivity index (χ3v) is 3.26. The van der Waals surface area contributed by atoms with Crippen LogP contribution in [0.1, 0.15) is 38.2 Å². The Bertz CT molecular complexity index is 395. The molecule has 1 rings (SSSR count). The third kappa shape index (κ3) is 5.83. The van der Waals surface area contributed by atoms with E-state index in [4.69, 9.17) is 10.5 Å². The molecule has 0 amide bonds. The van der Waals surface area contributed by atoms with Crippen LogP contribution in [0.15, 0.2) is 24.3 Å². The first-order valence-corrected chi connectivity index (χ1v) is 6.76. The van der Waals surface area contributed by atoms with Gasteiger partial charge in [-0.25, -0.2) is 4.39 Å². The Morgan fingerprint density at radius 1 is 1.37 bits per heavy atom. The summed E-state index contributed by atoms with van der Waals surface area (Å²) in [7, 11) is 0. The standard InChI is InChI=1S/C15H22FNO2/c1-2-12(9-10-17)7-8-15(18)19-11-13-5-3-4-6-14(13)16/h3-6,12H,2,7-11,17H2,1H3. The van der Waals surface area contributed by atoms with Gasteiger partial charge in [-0.05, 0) is 31.4 Å². The monoisotopic (exact) mass is 267 g/mol. The SMILES string of the molecule is CCC(CCN)CCC(=O)OCc1ccccc1F. The molecule has 0 radical (unpaired) electrons. The van der Waals surface area contributed by atoms with Crippen molar-refractivity contribution in [2.45, 2.75) is 39.2 Å². The molecule has 0 aromatic heterocycles. The number of nitrogens with two attached hydrogens (primary N) is 1. The minimum absolute atomic E-state index is 0.000806. The first-order valence-electron chi connectivity index (χ1n) is 6.76. The molecular weight excluding hydrogens is 245 g/mol. The second kappa shape index (κ2) is 8.64. The largest absolute Gasteiger partial charge is 0.461 e. The van der Waals surface area contributed by atoms with Gasteiger partial charge in [0.05, 0.1) is 0 Å². The van der Waals surface area contributed by atoms with Crippen LogP contribution in [-0.2, 0) is 16.1 Å². The summed E-state index contributed by atoms with van der Waals surface area (Å²) in [5, 5.41) is 0. The van der Waals surface area contributed by atoms with Crippen LogP contribution in [0.25, 0.3) is 0 Å². The van der Waals surface area contributed by atoms with Gasteiger partial charge in [0.15, 0.2) is 0 Å². The van der Waals surface area contributed by atoms with E-state index in [1.54, 1.807) is 18.2 Å². The number of carbonyl (C=O) groups excluding carboxylic acids is 1. The van der Waals surface area contributed by atoms with E-state index in [0.717, 1.165) is 19.3 Å². The van der Waals surface area contributed by atoms with Crippen molar-refractivity contribution in [3.8, 4) is 0 Å². The molecule has 0 aliphatic carbocycles. The van der Waals surface area contributed by atoms with Crippen molar-refractivity contribution in [2.24, 2.45) is 11.7 Å². The lowest BCUT2D eigenvalue weighted by Gasteiger charge is -2.12. The maximum Gasteiger partial charge on any atom is 0.306 e. The Hall–Kier alpha value is -1.42. The first kappa shape index (κ1) is 15.6. The second-order valence-corrected chi connectivity index (χ2v) is 4.64. The van der Waals surface area contributed by atoms with Crippen molar-refractivity contribution in [3.05, 3.63) is 35.6 Å². The lowest BCUT2D eigenvalue weighted by Crippen LogP contribution is -2.11. The summed E-state index contributed by atoms with van der Waals surface area (Å²) >= 11 is 0.